The summed E-state index contributed by atoms with van der Waals surface area (Å²) >= 11 is 0. The van der Waals surface area contributed by atoms with Crippen molar-refractivity contribution >= 4 is 11.8 Å². The maximum absolute atomic E-state index is 12.2. The predicted octanol–water partition coefficient (Wildman–Crippen LogP) is 2.31. The third-order valence-corrected chi connectivity index (χ3v) is 4.03. The van der Waals surface area contributed by atoms with Gasteiger partial charge in [0.25, 0.3) is 0 Å². The highest BCUT2D eigenvalue weighted by Crippen LogP contribution is 2.19. The van der Waals surface area contributed by atoms with Crippen molar-refractivity contribution < 1.29 is 4.79 Å². The lowest BCUT2D eigenvalue weighted by atomic mass is 9.99. The number of amides is 2. The van der Waals surface area contributed by atoms with Gasteiger partial charge in [0, 0.05) is 44.6 Å². The summed E-state index contributed by atoms with van der Waals surface area (Å²) in [6.07, 6.45) is 5.90. The summed E-state index contributed by atoms with van der Waals surface area (Å²) in [5.41, 5.74) is 0.889. The van der Waals surface area contributed by atoms with Crippen molar-refractivity contribution in [3.05, 3.63) is 42.1 Å². The van der Waals surface area contributed by atoms with Crippen LogP contribution < -0.4 is 5.32 Å². The Morgan fingerprint density at radius 2 is 2.36 bits per heavy atom. The summed E-state index contributed by atoms with van der Waals surface area (Å²) in [5, 5.41) is 2.84. The SMILES string of the molecule is Cc1cccc(NC(=O)N(C)C[C@@H]2CCc3nccn3C2)n1. The Balaban J connectivity index is 1.55. The Bertz CT molecular complexity index is 666. The number of hydrogen-bond acceptors (Lipinski definition) is 3. The highest BCUT2D eigenvalue weighted by atomic mass is 16.2. The molecular weight excluding hydrogens is 278 g/mol. The van der Waals surface area contributed by atoms with Gasteiger partial charge < -0.3 is 9.47 Å². The van der Waals surface area contributed by atoms with E-state index in [0.717, 1.165) is 37.4 Å². The Morgan fingerprint density at radius 3 is 3.18 bits per heavy atom. The summed E-state index contributed by atoms with van der Waals surface area (Å²) < 4.78 is 2.18. The second-order valence-corrected chi connectivity index (χ2v) is 5.88. The van der Waals surface area contributed by atoms with Crippen LogP contribution in [0, 0.1) is 12.8 Å². The zero-order valence-corrected chi connectivity index (χ0v) is 13.0. The molecule has 0 aromatic carbocycles. The van der Waals surface area contributed by atoms with Gasteiger partial charge in [-0.05, 0) is 31.4 Å². The van der Waals surface area contributed by atoms with Gasteiger partial charge in [-0.15, -0.1) is 0 Å². The Labute approximate surface area is 130 Å². The number of carbonyl (C=O) groups is 1. The molecule has 0 aliphatic carbocycles. The maximum atomic E-state index is 12.2. The molecule has 22 heavy (non-hydrogen) atoms. The van der Waals surface area contributed by atoms with Gasteiger partial charge in [0.1, 0.15) is 11.6 Å². The van der Waals surface area contributed by atoms with Crippen molar-refractivity contribution in [2.75, 3.05) is 18.9 Å². The lowest BCUT2D eigenvalue weighted by Crippen LogP contribution is -2.38. The van der Waals surface area contributed by atoms with Crippen LogP contribution in [0.1, 0.15) is 17.9 Å². The second-order valence-electron chi connectivity index (χ2n) is 5.88. The maximum Gasteiger partial charge on any atom is 0.322 e. The van der Waals surface area contributed by atoms with Gasteiger partial charge in [0.15, 0.2) is 0 Å². The Kier molecular flexibility index (Phi) is 4.09. The van der Waals surface area contributed by atoms with Crippen LogP contribution in [-0.2, 0) is 13.0 Å². The van der Waals surface area contributed by atoms with E-state index in [1.165, 1.54) is 0 Å². The van der Waals surface area contributed by atoms with Crippen LogP contribution in [0.3, 0.4) is 0 Å². The zero-order valence-electron chi connectivity index (χ0n) is 13.0. The van der Waals surface area contributed by atoms with Gasteiger partial charge in [-0.3, -0.25) is 5.32 Å². The quantitative estimate of drug-likeness (QED) is 0.946. The highest BCUT2D eigenvalue weighted by Gasteiger charge is 2.22. The third-order valence-electron chi connectivity index (χ3n) is 4.03. The van der Waals surface area contributed by atoms with Crippen LogP contribution in [0.15, 0.2) is 30.6 Å². The molecule has 3 heterocycles. The molecule has 0 fully saturated rings. The van der Waals surface area contributed by atoms with E-state index in [-0.39, 0.29) is 6.03 Å². The lowest BCUT2D eigenvalue weighted by Gasteiger charge is -2.28. The van der Waals surface area contributed by atoms with Crippen molar-refractivity contribution in [1.29, 1.82) is 0 Å². The minimum absolute atomic E-state index is 0.116. The molecule has 2 aromatic rings. The number of fused-ring (bicyclic) bond motifs is 1. The monoisotopic (exact) mass is 299 g/mol. The number of carbonyl (C=O) groups excluding carboxylic acids is 1. The number of hydrogen-bond donors (Lipinski definition) is 1. The minimum atomic E-state index is -0.116. The molecule has 1 aliphatic rings. The molecule has 0 unspecified atom stereocenters. The number of urea groups is 1. The largest absolute Gasteiger partial charge is 0.335 e. The van der Waals surface area contributed by atoms with E-state index < -0.39 is 0 Å². The minimum Gasteiger partial charge on any atom is -0.335 e. The number of nitrogens with one attached hydrogen (secondary N) is 1. The van der Waals surface area contributed by atoms with Crippen molar-refractivity contribution in [2.24, 2.45) is 5.92 Å². The zero-order chi connectivity index (χ0) is 15.5. The smallest absolute Gasteiger partial charge is 0.322 e. The number of aromatic nitrogens is 3. The molecule has 2 aromatic heterocycles. The van der Waals surface area contributed by atoms with Crippen LogP contribution in [0.2, 0.25) is 0 Å². The Hall–Kier alpha value is -2.37. The second kappa shape index (κ2) is 6.17. The van der Waals surface area contributed by atoms with Crippen LogP contribution in [0.4, 0.5) is 10.6 Å². The molecule has 6 heteroatoms. The first kappa shape index (κ1) is 14.6. The molecule has 6 nitrogen and oxygen atoms in total. The van der Waals surface area contributed by atoms with Crippen molar-refractivity contribution in [3.8, 4) is 0 Å². The fourth-order valence-corrected chi connectivity index (χ4v) is 2.87. The third kappa shape index (κ3) is 3.27. The first-order chi connectivity index (χ1) is 10.6. The number of rotatable bonds is 3. The average molecular weight is 299 g/mol. The summed E-state index contributed by atoms with van der Waals surface area (Å²) in [5.74, 6) is 2.20. The van der Waals surface area contributed by atoms with Crippen molar-refractivity contribution in [1.82, 2.24) is 19.4 Å². The number of pyridine rings is 1. The first-order valence-electron chi connectivity index (χ1n) is 7.57. The molecule has 2 amide bonds. The molecule has 0 spiro atoms. The number of nitrogens with zero attached hydrogens (tertiary/aromatic N) is 4. The van der Waals surface area contributed by atoms with E-state index >= 15 is 0 Å². The summed E-state index contributed by atoms with van der Waals surface area (Å²) in [6, 6.07) is 5.48. The Morgan fingerprint density at radius 1 is 1.50 bits per heavy atom. The van der Waals surface area contributed by atoms with Gasteiger partial charge in [0.05, 0.1) is 0 Å². The molecule has 0 bridgehead atoms. The molecule has 1 N–H and O–H groups in total. The van der Waals surface area contributed by atoms with Gasteiger partial charge in [0.2, 0.25) is 0 Å². The standard InChI is InChI=1S/C16H21N5O/c1-12-4-3-5-14(18-12)19-16(22)20(2)10-13-6-7-15-17-8-9-21(15)11-13/h3-5,8-9,13H,6-7,10-11H2,1-2H3,(H,18,19,22)/t13-/m0/s1. The van der Waals surface area contributed by atoms with E-state index in [0.29, 0.717) is 11.7 Å². The highest BCUT2D eigenvalue weighted by molar-refractivity contribution is 5.88. The van der Waals surface area contributed by atoms with Crippen LogP contribution in [0.5, 0.6) is 0 Å². The van der Waals surface area contributed by atoms with Gasteiger partial charge in [-0.1, -0.05) is 6.07 Å². The molecule has 3 rings (SSSR count). The molecular formula is C16H21N5O. The fourth-order valence-electron chi connectivity index (χ4n) is 2.87. The molecule has 0 radical (unpaired) electrons. The summed E-state index contributed by atoms with van der Waals surface area (Å²) in [6.45, 7) is 3.56. The summed E-state index contributed by atoms with van der Waals surface area (Å²) in [7, 11) is 1.83. The van der Waals surface area contributed by atoms with Crippen LogP contribution in [-0.4, -0.2) is 39.1 Å². The van der Waals surface area contributed by atoms with Gasteiger partial charge >= 0.3 is 6.03 Å². The van der Waals surface area contributed by atoms with Gasteiger partial charge in [-0.25, -0.2) is 14.8 Å². The number of imidazole rings is 1. The normalized spacial score (nSPS) is 16.9. The predicted molar refractivity (Wildman–Crippen MR) is 84.7 cm³/mol. The van der Waals surface area contributed by atoms with Crippen LogP contribution in [0.25, 0.3) is 0 Å². The van der Waals surface area contributed by atoms with E-state index in [1.54, 1.807) is 11.0 Å². The molecule has 0 saturated heterocycles. The van der Waals surface area contributed by atoms with Crippen LogP contribution >= 0.6 is 0 Å². The molecule has 1 aliphatic heterocycles. The molecule has 0 saturated carbocycles. The van der Waals surface area contributed by atoms with Crippen molar-refractivity contribution in [3.63, 3.8) is 0 Å². The number of aryl methyl sites for hydroxylation is 2. The summed E-state index contributed by atoms with van der Waals surface area (Å²) in [4.78, 5) is 22.6. The van der Waals surface area contributed by atoms with E-state index in [4.69, 9.17) is 0 Å². The van der Waals surface area contributed by atoms with E-state index in [2.05, 4.69) is 19.9 Å². The van der Waals surface area contributed by atoms with Crippen molar-refractivity contribution in [2.45, 2.75) is 26.3 Å². The van der Waals surface area contributed by atoms with E-state index in [1.807, 2.05) is 38.5 Å². The topological polar surface area (TPSA) is 63.1 Å². The number of anilines is 1. The van der Waals surface area contributed by atoms with Gasteiger partial charge in [-0.2, -0.15) is 0 Å². The fraction of sp³-hybridized carbons (Fsp3) is 0.438. The molecule has 116 valence electrons. The first-order valence-corrected chi connectivity index (χ1v) is 7.57. The molecule has 1 atom stereocenters. The lowest BCUT2D eigenvalue weighted by molar-refractivity contribution is 0.205. The van der Waals surface area contributed by atoms with E-state index in [9.17, 15) is 4.79 Å². The average Bonchev–Trinajstić information content (AvgIpc) is 2.94.